The van der Waals surface area contributed by atoms with Gasteiger partial charge in [0.1, 0.15) is 0 Å². The zero-order valence-electron chi connectivity index (χ0n) is 13.7. The Bertz CT molecular complexity index is 653. The fraction of sp³-hybridized carbons (Fsp3) is 0.556. The number of likely N-dealkylation sites (tertiary alicyclic amines) is 1. The molecule has 2 aliphatic rings. The largest absolute Gasteiger partial charge is 0.334 e. The maximum Gasteiger partial charge on any atom is 0.223 e. The van der Waals surface area contributed by atoms with Gasteiger partial charge >= 0.3 is 0 Å². The number of carbonyl (C=O) groups is 1. The van der Waals surface area contributed by atoms with E-state index in [0.717, 1.165) is 18.5 Å². The summed E-state index contributed by atoms with van der Waals surface area (Å²) in [6.07, 6.45) is 11.4. The fourth-order valence-electron chi connectivity index (χ4n) is 3.45. The smallest absolute Gasteiger partial charge is 0.223 e. The van der Waals surface area contributed by atoms with Gasteiger partial charge in [-0.3, -0.25) is 9.78 Å². The molecular formula is C18H22N4O. The summed E-state index contributed by atoms with van der Waals surface area (Å²) >= 11 is 0. The average Bonchev–Trinajstić information content (AvgIpc) is 3.30. The molecule has 0 aromatic carbocycles. The van der Waals surface area contributed by atoms with Crippen LogP contribution < -0.4 is 0 Å². The highest BCUT2D eigenvalue weighted by atomic mass is 16.2. The van der Waals surface area contributed by atoms with Crippen LogP contribution in [-0.2, 0) is 4.79 Å². The van der Waals surface area contributed by atoms with Crippen molar-refractivity contribution in [3.05, 3.63) is 30.1 Å². The van der Waals surface area contributed by atoms with Crippen LogP contribution in [0, 0.1) is 17.8 Å². The Morgan fingerprint density at radius 2 is 2.22 bits per heavy atom. The number of terminal acetylenes is 1. The van der Waals surface area contributed by atoms with Gasteiger partial charge in [0.25, 0.3) is 0 Å². The maximum absolute atomic E-state index is 12.6. The van der Waals surface area contributed by atoms with Crippen molar-refractivity contribution in [3.63, 3.8) is 0 Å². The fourth-order valence-corrected chi connectivity index (χ4v) is 3.45. The molecule has 5 nitrogen and oxygen atoms in total. The van der Waals surface area contributed by atoms with Crippen LogP contribution >= 0.6 is 0 Å². The molecule has 1 unspecified atom stereocenters. The lowest BCUT2D eigenvalue weighted by Crippen LogP contribution is -2.57. The second-order valence-electron chi connectivity index (χ2n) is 7.09. The van der Waals surface area contributed by atoms with Crippen LogP contribution in [0.3, 0.4) is 0 Å². The first-order valence-corrected chi connectivity index (χ1v) is 8.04. The molecule has 2 aliphatic heterocycles. The van der Waals surface area contributed by atoms with Crippen molar-refractivity contribution in [1.29, 1.82) is 0 Å². The van der Waals surface area contributed by atoms with Crippen LogP contribution in [0.25, 0.3) is 0 Å². The molecule has 1 saturated heterocycles. The molecule has 5 heteroatoms. The molecule has 120 valence electrons. The molecule has 1 amide bonds. The Labute approximate surface area is 137 Å². The molecule has 23 heavy (non-hydrogen) atoms. The molecule has 1 fully saturated rings. The normalized spacial score (nSPS) is 23.0. The van der Waals surface area contributed by atoms with Gasteiger partial charge < -0.3 is 4.90 Å². The molecule has 0 N–H and O–H groups in total. The van der Waals surface area contributed by atoms with Gasteiger partial charge in [0.05, 0.1) is 6.04 Å². The van der Waals surface area contributed by atoms with E-state index in [0.29, 0.717) is 19.3 Å². The van der Waals surface area contributed by atoms with Gasteiger partial charge in [-0.2, -0.15) is 10.2 Å². The first kappa shape index (κ1) is 15.7. The summed E-state index contributed by atoms with van der Waals surface area (Å²) in [7, 11) is 0. The number of carbonyl (C=O) groups excluding carboxylic acids is 1. The van der Waals surface area contributed by atoms with Crippen LogP contribution in [-0.4, -0.2) is 28.0 Å². The molecule has 3 heterocycles. The van der Waals surface area contributed by atoms with Crippen molar-refractivity contribution in [2.24, 2.45) is 15.6 Å². The van der Waals surface area contributed by atoms with Crippen molar-refractivity contribution in [1.82, 2.24) is 9.88 Å². The van der Waals surface area contributed by atoms with Crippen molar-refractivity contribution in [2.75, 3.05) is 6.54 Å². The predicted octanol–water partition coefficient (Wildman–Crippen LogP) is 3.35. The summed E-state index contributed by atoms with van der Waals surface area (Å²) in [4.78, 5) is 18.8. The van der Waals surface area contributed by atoms with E-state index in [9.17, 15) is 4.79 Å². The lowest BCUT2D eigenvalue weighted by molar-refractivity contribution is -0.152. The van der Waals surface area contributed by atoms with E-state index in [1.165, 1.54) is 0 Å². The summed E-state index contributed by atoms with van der Waals surface area (Å²) in [5.74, 6) is 2.78. The summed E-state index contributed by atoms with van der Waals surface area (Å²) < 4.78 is 0. The molecule has 1 atom stereocenters. The minimum Gasteiger partial charge on any atom is -0.334 e. The van der Waals surface area contributed by atoms with E-state index in [1.807, 2.05) is 23.2 Å². The third-order valence-corrected chi connectivity index (χ3v) is 4.74. The Hall–Kier alpha value is -2.22. The van der Waals surface area contributed by atoms with Crippen LogP contribution in [0.15, 0.2) is 34.8 Å². The topological polar surface area (TPSA) is 57.9 Å². The van der Waals surface area contributed by atoms with Crippen molar-refractivity contribution < 1.29 is 4.79 Å². The van der Waals surface area contributed by atoms with Gasteiger partial charge in [-0.25, -0.2) is 0 Å². The van der Waals surface area contributed by atoms with Crippen LogP contribution in [0.2, 0.25) is 0 Å². The number of aromatic nitrogens is 1. The van der Waals surface area contributed by atoms with Gasteiger partial charge in [0, 0.05) is 50.0 Å². The van der Waals surface area contributed by atoms with E-state index in [-0.39, 0.29) is 23.0 Å². The zero-order chi connectivity index (χ0) is 16.5. The second kappa shape index (κ2) is 5.77. The first-order valence-electron chi connectivity index (χ1n) is 8.04. The van der Waals surface area contributed by atoms with Gasteiger partial charge in [0.15, 0.2) is 5.66 Å². The quantitative estimate of drug-likeness (QED) is 0.757. The first-order chi connectivity index (χ1) is 11.0. The van der Waals surface area contributed by atoms with Gasteiger partial charge in [-0.15, -0.1) is 12.3 Å². The highest BCUT2D eigenvalue weighted by molar-refractivity contribution is 5.78. The molecule has 0 spiro atoms. The lowest BCUT2D eigenvalue weighted by Gasteiger charge is -2.54. The minimum absolute atomic E-state index is 0.0776. The number of rotatable bonds is 6. The Morgan fingerprint density at radius 3 is 2.78 bits per heavy atom. The van der Waals surface area contributed by atoms with E-state index >= 15 is 0 Å². The minimum atomic E-state index is -0.383. The van der Waals surface area contributed by atoms with Crippen LogP contribution in [0.1, 0.15) is 51.1 Å². The second-order valence-corrected chi connectivity index (χ2v) is 7.09. The molecular weight excluding hydrogens is 288 g/mol. The van der Waals surface area contributed by atoms with E-state index in [2.05, 4.69) is 35.0 Å². The molecule has 1 aromatic heterocycles. The molecule has 0 aliphatic carbocycles. The number of hydrogen-bond donors (Lipinski definition) is 0. The third kappa shape index (κ3) is 3.12. The number of amides is 1. The molecule has 0 saturated carbocycles. The van der Waals surface area contributed by atoms with Crippen LogP contribution in [0.5, 0.6) is 0 Å². The average molecular weight is 310 g/mol. The van der Waals surface area contributed by atoms with E-state index in [4.69, 9.17) is 6.42 Å². The summed E-state index contributed by atoms with van der Waals surface area (Å²) in [5, 5.41) is 8.20. The van der Waals surface area contributed by atoms with Crippen LogP contribution in [0.4, 0.5) is 0 Å². The zero-order valence-corrected chi connectivity index (χ0v) is 13.7. The molecule has 1 aromatic rings. The standard InChI is InChI=1S/C18H22N4O/c1-4-5-9-18(20-21-18)10-8-15(23)22-13-17(2,3)16(22)14-7-6-11-19-12-14/h1,6-7,11-12,16H,5,8-10,13H2,2-3H3. The Kier molecular flexibility index (Phi) is 3.93. The summed E-state index contributed by atoms with van der Waals surface area (Å²) in [6.45, 7) is 5.15. The Morgan fingerprint density at radius 1 is 1.43 bits per heavy atom. The molecule has 0 bridgehead atoms. The van der Waals surface area contributed by atoms with E-state index in [1.54, 1.807) is 6.20 Å². The van der Waals surface area contributed by atoms with Crippen molar-refractivity contribution >= 4 is 5.91 Å². The Balaban J connectivity index is 1.61. The molecule has 0 radical (unpaired) electrons. The van der Waals surface area contributed by atoms with Crippen molar-refractivity contribution in [2.45, 2.75) is 51.2 Å². The molecule has 3 rings (SSSR count). The number of hydrogen-bond acceptors (Lipinski definition) is 4. The van der Waals surface area contributed by atoms with Gasteiger partial charge in [-0.05, 0) is 11.6 Å². The summed E-state index contributed by atoms with van der Waals surface area (Å²) in [6, 6.07) is 4.06. The predicted molar refractivity (Wildman–Crippen MR) is 87.4 cm³/mol. The maximum atomic E-state index is 12.6. The highest BCUT2D eigenvalue weighted by Crippen LogP contribution is 2.48. The SMILES string of the molecule is C#CCCC1(CCC(=O)N2CC(C)(C)C2c2cccnc2)N=N1. The number of pyridine rings is 1. The lowest BCUT2D eigenvalue weighted by atomic mass is 9.71. The van der Waals surface area contributed by atoms with Crippen molar-refractivity contribution in [3.8, 4) is 12.3 Å². The van der Waals surface area contributed by atoms with Gasteiger partial charge in [-0.1, -0.05) is 19.9 Å². The van der Waals surface area contributed by atoms with Gasteiger partial charge in [0.2, 0.25) is 5.91 Å². The van der Waals surface area contributed by atoms with E-state index < -0.39 is 0 Å². The monoisotopic (exact) mass is 310 g/mol. The number of nitrogens with zero attached hydrogens (tertiary/aromatic N) is 4. The third-order valence-electron chi connectivity index (χ3n) is 4.74. The highest BCUT2D eigenvalue weighted by Gasteiger charge is 2.49. The summed E-state index contributed by atoms with van der Waals surface area (Å²) in [5.41, 5.74) is 0.792.